The summed E-state index contributed by atoms with van der Waals surface area (Å²) in [6.45, 7) is 1.97. The standard InChI is InChI=1S/C18H20ClNO3S/c1-22-17-5-4-13(19)11-16(17)18(21)20(12-15-3-2-10-24-15)14-6-8-23-9-7-14/h2-5,10-11,14H,6-9,12H2,1H3. The summed E-state index contributed by atoms with van der Waals surface area (Å²) in [7, 11) is 1.57. The van der Waals surface area contributed by atoms with Crippen molar-refractivity contribution in [2.75, 3.05) is 20.3 Å². The Hall–Kier alpha value is -1.56. The maximum atomic E-state index is 13.3. The van der Waals surface area contributed by atoms with E-state index < -0.39 is 0 Å². The van der Waals surface area contributed by atoms with Gasteiger partial charge < -0.3 is 14.4 Å². The van der Waals surface area contributed by atoms with Crippen molar-refractivity contribution in [2.45, 2.75) is 25.4 Å². The molecule has 3 rings (SSSR count). The molecule has 0 aliphatic carbocycles. The Labute approximate surface area is 150 Å². The number of carbonyl (C=O) groups is 1. The highest BCUT2D eigenvalue weighted by atomic mass is 35.5. The maximum Gasteiger partial charge on any atom is 0.258 e. The molecule has 0 unspecified atom stereocenters. The van der Waals surface area contributed by atoms with Gasteiger partial charge in [0.15, 0.2) is 0 Å². The molecule has 4 nitrogen and oxygen atoms in total. The number of amides is 1. The Morgan fingerprint density at radius 2 is 2.17 bits per heavy atom. The topological polar surface area (TPSA) is 38.8 Å². The van der Waals surface area contributed by atoms with Crippen LogP contribution in [0, 0.1) is 0 Å². The zero-order chi connectivity index (χ0) is 16.9. The van der Waals surface area contributed by atoms with Gasteiger partial charge in [-0.2, -0.15) is 0 Å². The SMILES string of the molecule is COc1ccc(Cl)cc1C(=O)N(Cc1cccs1)C1CCOCC1. The van der Waals surface area contributed by atoms with Crippen LogP contribution in [0.2, 0.25) is 5.02 Å². The molecule has 1 aromatic heterocycles. The van der Waals surface area contributed by atoms with Crippen LogP contribution in [-0.2, 0) is 11.3 Å². The molecule has 24 heavy (non-hydrogen) atoms. The lowest BCUT2D eigenvalue weighted by Crippen LogP contribution is -2.43. The fourth-order valence-electron chi connectivity index (χ4n) is 2.94. The number of rotatable bonds is 5. The third kappa shape index (κ3) is 3.91. The third-order valence-electron chi connectivity index (χ3n) is 4.19. The second-order valence-corrected chi connectivity index (χ2v) is 7.17. The fourth-order valence-corrected chi connectivity index (χ4v) is 3.81. The van der Waals surface area contributed by atoms with Crippen molar-refractivity contribution < 1.29 is 14.3 Å². The zero-order valence-corrected chi connectivity index (χ0v) is 15.1. The van der Waals surface area contributed by atoms with Crippen molar-refractivity contribution in [3.63, 3.8) is 0 Å². The van der Waals surface area contributed by atoms with E-state index in [1.54, 1.807) is 36.6 Å². The number of methoxy groups -OCH3 is 1. The first-order valence-corrected chi connectivity index (χ1v) is 9.19. The number of thiophene rings is 1. The van der Waals surface area contributed by atoms with Gasteiger partial charge >= 0.3 is 0 Å². The van der Waals surface area contributed by atoms with Crippen LogP contribution in [0.5, 0.6) is 5.75 Å². The molecule has 0 spiro atoms. The Bertz CT molecular complexity index is 684. The van der Waals surface area contributed by atoms with Crippen molar-refractivity contribution >= 4 is 28.8 Å². The number of hydrogen-bond donors (Lipinski definition) is 0. The summed E-state index contributed by atoms with van der Waals surface area (Å²) < 4.78 is 10.8. The van der Waals surface area contributed by atoms with Gasteiger partial charge in [0.25, 0.3) is 5.91 Å². The minimum atomic E-state index is -0.0466. The summed E-state index contributed by atoms with van der Waals surface area (Å²) in [5.74, 6) is 0.502. The smallest absolute Gasteiger partial charge is 0.258 e. The Morgan fingerprint density at radius 3 is 2.83 bits per heavy atom. The van der Waals surface area contributed by atoms with Crippen LogP contribution in [0.4, 0.5) is 0 Å². The Balaban J connectivity index is 1.91. The van der Waals surface area contributed by atoms with Crippen LogP contribution in [-0.4, -0.2) is 37.2 Å². The van der Waals surface area contributed by atoms with Gasteiger partial charge in [0.2, 0.25) is 0 Å². The van der Waals surface area contributed by atoms with Gasteiger partial charge in [-0.3, -0.25) is 4.79 Å². The van der Waals surface area contributed by atoms with Crippen LogP contribution < -0.4 is 4.74 Å². The second kappa shape index (κ2) is 8.01. The molecular formula is C18H20ClNO3S. The summed E-state index contributed by atoms with van der Waals surface area (Å²) in [5, 5.41) is 2.56. The van der Waals surface area contributed by atoms with E-state index in [-0.39, 0.29) is 11.9 Å². The molecular weight excluding hydrogens is 346 g/mol. The summed E-state index contributed by atoms with van der Waals surface area (Å²) in [5.41, 5.74) is 0.507. The number of carbonyl (C=O) groups excluding carboxylic acids is 1. The predicted octanol–water partition coefficient (Wildman–Crippen LogP) is 4.23. The molecule has 0 radical (unpaired) electrons. The zero-order valence-electron chi connectivity index (χ0n) is 13.5. The Morgan fingerprint density at radius 1 is 1.38 bits per heavy atom. The highest BCUT2D eigenvalue weighted by Crippen LogP contribution is 2.28. The van der Waals surface area contributed by atoms with E-state index in [1.807, 2.05) is 16.3 Å². The lowest BCUT2D eigenvalue weighted by atomic mass is 10.0. The van der Waals surface area contributed by atoms with E-state index in [1.165, 1.54) is 0 Å². The molecule has 1 aromatic carbocycles. The molecule has 1 aliphatic rings. The number of halogens is 1. The van der Waals surface area contributed by atoms with Gasteiger partial charge in [0.1, 0.15) is 5.75 Å². The monoisotopic (exact) mass is 365 g/mol. The lowest BCUT2D eigenvalue weighted by Gasteiger charge is -2.34. The first-order valence-electron chi connectivity index (χ1n) is 7.93. The molecule has 1 fully saturated rings. The normalized spacial score (nSPS) is 15.2. The molecule has 0 atom stereocenters. The second-order valence-electron chi connectivity index (χ2n) is 5.70. The highest BCUT2D eigenvalue weighted by molar-refractivity contribution is 7.09. The van der Waals surface area contributed by atoms with Crippen molar-refractivity contribution in [3.8, 4) is 5.75 Å². The summed E-state index contributed by atoms with van der Waals surface area (Å²) in [4.78, 5) is 16.3. The van der Waals surface area contributed by atoms with E-state index in [0.29, 0.717) is 36.1 Å². The first kappa shape index (κ1) is 17.3. The van der Waals surface area contributed by atoms with Crippen LogP contribution >= 0.6 is 22.9 Å². The average Bonchev–Trinajstić information content (AvgIpc) is 3.13. The molecule has 0 N–H and O–H groups in total. The van der Waals surface area contributed by atoms with Gasteiger partial charge in [0, 0.05) is 29.2 Å². The van der Waals surface area contributed by atoms with E-state index in [9.17, 15) is 4.79 Å². The molecule has 2 aromatic rings. The summed E-state index contributed by atoms with van der Waals surface area (Å²) in [6, 6.07) is 9.38. The van der Waals surface area contributed by atoms with Crippen molar-refractivity contribution in [2.24, 2.45) is 0 Å². The summed E-state index contributed by atoms with van der Waals surface area (Å²) >= 11 is 7.77. The highest BCUT2D eigenvalue weighted by Gasteiger charge is 2.28. The number of nitrogens with zero attached hydrogens (tertiary/aromatic N) is 1. The number of benzene rings is 1. The fraction of sp³-hybridized carbons (Fsp3) is 0.389. The quantitative estimate of drug-likeness (QED) is 0.795. The van der Waals surface area contributed by atoms with Crippen LogP contribution in [0.3, 0.4) is 0 Å². The van der Waals surface area contributed by atoms with E-state index in [4.69, 9.17) is 21.1 Å². The molecule has 6 heteroatoms. The minimum absolute atomic E-state index is 0.0466. The largest absolute Gasteiger partial charge is 0.496 e. The van der Waals surface area contributed by atoms with Crippen LogP contribution in [0.15, 0.2) is 35.7 Å². The van der Waals surface area contributed by atoms with E-state index >= 15 is 0 Å². The minimum Gasteiger partial charge on any atom is -0.496 e. The van der Waals surface area contributed by atoms with Gasteiger partial charge in [0.05, 0.1) is 19.2 Å². The van der Waals surface area contributed by atoms with Gasteiger partial charge in [-0.05, 0) is 42.5 Å². The molecule has 1 aliphatic heterocycles. The molecule has 2 heterocycles. The van der Waals surface area contributed by atoms with Crippen LogP contribution in [0.1, 0.15) is 28.1 Å². The Kier molecular flexibility index (Phi) is 5.76. The van der Waals surface area contributed by atoms with E-state index in [0.717, 1.165) is 17.7 Å². The molecule has 1 saturated heterocycles. The first-order chi connectivity index (χ1) is 11.7. The average molecular weight is 366 g/mol. The van der Waals surface area contributed by atoms with Gasteiger partial charge in [-0.15, -0.1) is 11.3 Å². The third-order valence-corrected chi connectivity index (χ3v) is 5.29. The lowest BCUT2D eigenvalue weighted by molar-refractivity contribution is 0.0268. The summed E-state index contributed by atoms with van der Waals surface area (Å²) in [6.07, 6.45) is 1.69. The molecule has 128 valence electrons. The predicted molar refractivity (Wildman–Crippen MR) is 96.0 cm³/mol. The van der Waals surface area contributed by atoms with Gasteiger partial charge in [-0.1, -0.05) is 17.7 Å². The molecule has 0 bridgehead atoms. The molecule has 1 amide bonds. The van der Waals surface area contributed by atoms with Crippen molar-refractivity contribution in [1.82, 2.24) is 4.90 Å². The number of ether oxygens (including phenoxy) is 2. The van der Waals surface area contributed by atoms with Crippen molar-refractivity contribution in [3.05, 3.63) is 51.2 Å². The van der Waals surface area contributed by atoms with Gasteiger partial charge in [-0.25, -0.2) is 0 Å². The van der Waals surface area contributed by atoms with E-state index in [2.05, 4.69) is 6.07 Å². The van der Waals surface area contributed by atoms with Crippen LogP contribution in [0.25, 0.3) is 0 Å². The number of hydrogen-bond acceptors (Lipinski definition) is 4. The maximum absolute atomic E-state index is 13.3. The van der Waals surface area contributed by atoms with Crippen molar-refractivity contribution in [1.29, 1.82) is 0 Å². The molecule has 0 saturated carbocycles.